The molecule has 6 rings (SSSR count). The maximum absolute atomic E-state index is 13.5. The van der Waals surface area contributed by atoms with Crippen molar-refractivity contribution in [3.05, 3.63) is 70.3 Å². The van der Waals surface area contributed by atoms with E-state index in [4.69, 9.17) is 21.1 Å². The number of hydrogen-bond acceptors (Lipinski definition) is 8. The highest BCUT2D eigenvalue weighted by molar-refractivity contribution is 7.90. The number of ether oxygens (including phenoxy) is 2. The number of carbonyl (C=O) groups is 2. The van der Waals surface area contributed by atoms with Crippen LogP contribution in [0.2, 0.25) is 5.02 Å². The number of methoxy groups -OCH3 is 1. The van der Waals surface area contributed by atoms with Crippen LogP contribution in [0.3, 0.4) is 0 Å². The molecule has 2 N–H and O–H groups in total. The number of allylic oxidation sites excluding steroid dienone is 1. The number of rotatable bonds is 3. The van der Waals surface area contributed by atoms with Crippen LogP contribution in [0.4, 0.5) is 5.69 Å². The second kappa shape index (κ2) is 13.5. The van der Waals surface area contributed by atoms with Crippen LogP contribution < -0.4 is 14.4 Å². The number of benzene rings is 2. The number of amides is 2. The molecule has 1 spiro atoms. The van der Waals surface area contributed by atoms with E-state index in [0.717, 1.165) is 25.7 Å². The number of fused-ring (bicyclic) bond motifs is 4. The number of aliphatic hydroxyl groups is 1. The second-order valence-electron chi connectivity index (χ2n) is 14.8. The van der Waals surface area contributed by atoms with Crippen LogP contribution in [-0.2, 0) is 31.4 Å². The van der Waals surface area contributed by atoms with Crippen molar-refractivity contribution in [1.82, 2.24) is 9.62 Å². The minimum absolute atomic E-state index is 0.0272. The molecule has 49 heavy (non-hydrogen) atoms. The molecule has 7 atom stereocenters. The van der Waals surface area contributed by atoms with E-state index >= 15 is 0 Å². The molecule has 1 saturated carbocycles. The van der Waals surface area contributed by atoms with E-state index in [0.29, 0.717) is 49.0 Å². The predicted molar refractivity (Wildman–Crippen MR) is 190 cm³/mol. The first-order valence-electron chi connectivity index (χ1n) is 17.2. The van der Waals surface area contributed by atoms with Crippen molar-refractivity contribution in [2.45, 2.75) is 74.7 Å². The second-order valence-corrected chi connectivity index (χ2v) is 17.2. The van der Waals surface area contributed by atoms with Gasteiger partial charge in [0.1, 0.15) is 11.4 Å². The third-order valence-corrected chi connectivity index (χ3v) is 13.7. The molecule has 10 nitrogen and oxygen atoms in total. The van der Waals surface area contributed by atoms with E-state index in [2.05, 4.69) is 15.7 Å². The molecule has 2 amide bonds. The van der Waals surface area contributed by atoms with Crippen LogP contribution in [0.1, 0.15) is 67.4 Å². The average molecular weight is 714 g/mol. The lowest BCUT2D eigenvalue weighted by Gasteiger charge is -2.51. The number of carbonyl (C=O) groups excluding carboxylic acids is 2. The maximum Gasteiger partial charge on any atom is 0.264 e. The topological polar surface area (TPSA) is 125 Å². The zero-order valence-electron chi connectivity index (χ0n) is 28.9. The fourth-order valence-electron chi connectivity index (χ4n) is 8.31. The smallest absolute Gasteiger partial charge is 0.264 e. The summed E-state index contributed by atoms with van der Waals surface area (Å²) in [6, 6.07) is 11.1. The normalized spacial score (nSPS) is 32.3. The molecule has 2 aliphatic heterocycles. The Balaban J connectivity index is 1.48. The SMILES string of the molecule is CO[C@@H](C(=O)N(C)C)[C@]1(O)/C=C\C[C@H](C)[C@@H](C)S(=O)(=O)NC(=O)c2ccc3c(c2)N(C[C@@H]2CC[C@H]21)C[C@@]1(CCCc2cc(Cl)ccc21)CO3. The summed E-state index contributed by atoms with van der Waals surface area (Å²) in [5.74, 6) is -1.20. The van der Waals surface area contributed by atoms with Gasteiger partial charge in [0.2, 0.25) is 10.0 Å². The van der Waals surface area contributed by atoms with Gasteiger partial charge in [-0.2, -0.15) is 0 Å². The van der Waals surface area contributed by atoms with Gasteiger partial charge in [-0.05, 0) is 105 Å². The summed E-state index contributed by atoms with van der Waals surface area (Å²) < 4.78 is 41.5. The minimum atomic E-state index is -4.06. The fraction of sp³-hybridized carbons (Fsp3) is 0.568. The molecule has 266 valence electrons. The molecule has 2 aromatic carbocycles. The van der Waals surface area contributed by atoms with Gasteiger partial charge in [-0.15, -0.1) is 0 Å². The van der Waals surface area contributed by atoms with Crippen LogP contribution in [0.15, 0.2) is 48.6 Å². The van der Waals surface area contributed by atoms with Crippen LogP contribution in [0.25, 0.3) is 0 Å². The van der Waals surface area contributed by atoms with Crippen molar-refractivity contribution in [1.29, 1.82) is 0 Å². The Labute approximate surface area is 294 Å². The number of hydrogen-bond donors (Lipinski definition) is 2. The summed E-state index contributed by atoms with van der Waals surface area (Å²) in [5, 5.41) is 12.3. The molecule has 0 radical (unpaired) electrons. The van der Waals surface area contributed by atoms with Crippen LogP contribution in [0, 0.1) is 17.8 Å². The Bertz CT molecular complexity index is 1750. The highest BCUT2D eigenvalue weighted by Crippen LogP contribution is 2.49. The summed E-state index contributed by atoms with van der Waals surface area (Å²) in [4.78, 5) is 30.7. The molecule has 2 aliphatic carbocycles. The van der Waals surface area contributed by atoms with Crippen LogP contribution >= 0.6 is 11.6 Å². The van der Waals surface area contributed by atoms with Gasteiger partial charge in [0.15, 0.2) is 6.10 Å². The predicted octanol–water partition coefficient (Wildman–Crippen LogP) is 4.72. The monoisotopic (exact) mass is 713 g/mol. The molecule has 4 aliphatic rings. The molecule has 2 bridgehead atoms. The molecule has 12 heteroatoms. The van der Waals surface area contributed by atoms with E-state index in [1.807, 2.05) is 12.1 Å². The lowest BCUT2D eigenvalue weighted by atomic mass is 9.62. The van der Waals surface area contributed by atoms with E-state index in [9.17, 15) is 23.1 Å². The van der Waals surface area contributed by atoms with Crippen molar-refractivity contribution in [3.63, 3.8) is 0 Å². The summed E-state index contributed by atoms with van der Waals surface area (Å²) in [5.41, 5.74) is 1.27. The van der Waals surface area contributed by atoms with Gasteiger partial charge in [0, 0.05) is 50.3 Å². The van der Waals surface area contributed by atoms with Crippen LogP contribution in [-0.4, -0.2) is 88.1 Å². The van der Waals surface area contributed by atoms with E-state index in [1.165, 1.54) is 23.1 Å². The Kier molecular flexibility index (Phi) is 9.87. The Morgan fingerprint density at radius 3 is 2.65 bits per heavy atom. The Morgan fingerprint density at radius 2 is 1.96 bits per heavy atom. The van der Waals surface area contributed by atoms with Crippen molar-refractivity contribution in [3.8, 4) is 5.75 Å². The van der Waals surface area contributed by atoms with Crippen LogP contribution in [0.5, 0.6) is 5.75 Å². The van der Waals surface area contributed by atoms with Gasteiger partial charge in [-0.1, -0.05) is 36.7 Å². The van der Waals surface area contributed by atoms with Gasteiger partial charge < -0.3 is 24.4 Å². The highest BCUT2D eigenvalue weighted by atomic mass is 35.5. The number of halogens is 1. The third-order valence-electron chi connectivity index (χ3n) is 11.5. The number of likely N-dealkylation sites (N-methyl/N-ethyl adjacent to an activating group) is 1. The van der Waals surface area contributed by atoms with Crippen molar-refractivity contribution in [2.24, 2.45) is 17.8 Å². The van der Waals surface area contributed by atoms with E-state index < -0.39 is 38.8 Å². The van der Waals surface area contributed by atoms with Gasteiger partial charge >= 0.3 is 0 Å². The summed E-state index contributed by atoms with van der Waals surface area (Å²) in [6.07, 6.45) is 6.82. The zero-order valence-corrected chi connectivity index (χ0v) is 30.5. The largest absolute Gasteiger partial charge is 0.490 e. The van der Waals surface area contributed by atoms with Gasteiger partial charge in [-0.25, -0.2) is 13.1 Å². The molecule has 0 aromatic heterocycles. The summed E-state index contributed by atoms with van der Waals surface area (Å²) in [7, 11) is 0.654. The minimum Gasteiger partial charge on any atom is -0.490 e. The lowest BCUT2D eigenvalue weighted by molar-refractivity contribution is -0.168. The Morgan fingerprint density at radius 1 is 1.18 bits per heavy atom. The molecule has 2 aromatic rings. The quantitative estimate of drug-likeness (QED) is 0.438. The molecular weight excluding hydrogens is 666 g/mol. The molecule has 1 fully saturated rings. The molecule has 0 saturated heterocycles. The standard InChI is InChI=1S/C37H48ClN3O7S/c1-23-8-6-17-37(44,33(47-5)35(43)40(3)4)30-13-10-27(30)20-41-21-36(16-7-9-25-18-28(38)12-14-29(25)36)22-48-32-15-11-26(19-31(32)41)34(42)39-49(45,46)24(23)2/h6,11-12,14-15,17-19,23-24,27,30,33,44H,7-10,13,16,20-22H2,1-5H3,(H,39,42)/b17-6-/t23-,24+,27-,30+,33-,36-,37-/m0/s1. The third kappa shape index (κ3) is 6.59. The highest BCUT2D eigenvalue weighted by Gasteiger charge is 2.54. The summed E-state index contributed by atoms with van der Waals surface area (Å²) >= 11 is 6.43. The van der Waals surface area contributed by atoms with Crippen molar-refractivity contribution >= 4 is 39.1 Å². The fourth-order valence-corrected chi connectivity index (χ4v) is 9.79. The first kappa shape index (κ1) is 35.7. The van der Waals surface area contributed by atoms with E-state index in [-0.39, 0.29) is 28.7 Å². The number of nitrogens with one attached hydrogen (secondary N) is 1. The van der Waals surface area contributed by atoms with Crippen molar-refractivity contribution in [2.75, 3.05) is 45.8 Å². The number of aryl methyl sites for hydroxylation is 1. The van der Waals surface area contributed by atoms with Gasteiger partial charge in [-0.3, -0.25) is 9.59 Å². The first-order chi connectivity index (χ1) is 23.2. The number of sulfonamides is 1. The summed E-state index contributed by atoms with van der Waals surface area (Å²) in [6.45, 7) is 4.88. The van der Waals surface area contributed by atoms with Gasteiger partial charge in [0.25, 0.3) is 11.8 Å². The Hall–Kier alpha value is -3.12. The number of anilines is 1. The van der Waals surface area contributed by atoms with Gasteiger partial charge in [0.05, 0.1) is 17.5 Å². The van der Waals surface area contributed by atoms with Crippen molar-refractivity contribution < 1.29 is 32.6 Å². The lowest BCUT2D eigenvalue weighted by Crippen LogP contribution is -2.60. The first-order valence-corrected chi connectivity index (χ1v) is 19.1. The molecule has 2 heterocycles. The number of nitrogens with zero attached hydrogens (tertiary/aromatic N) is 2. The average Bonchev–Trinajstić information content (AvgIpc) is 3.18. The molecular formula is C37H48ClN3O7S. The van der Waals surface area contributed by atoms with E-state index in [1.54, 1.807) is 58.3 Å². The molecule has 0 unspecified atom stereocenters. The maximum atomic E-state index is 13.5. The zero-order chi connectivity index (χ0) is 35.3.